The number of hydrogen-bond acceptors (Lipinski definition) is 2. The van der Waals surface area contributed by atoms with Crippen LogP contribution in [-0.2, 0) is 0 Å². The van der Waals surface area contributed by atoms with Crippen molar-refractivity contribution in [3.63, 3.8) is 0 Å². The third-order valence-electron chi connectivity index (χ3n) is 3.33. The summed E-state index contributed by atoms with van der Waals surface area (Å²) in [5.41, 5.74) is 0.671. The van der Waals surface area contributed by atoms with Crippen molar-refractivity contribution in [2.75, 3.05) is 0 Å². The summed E-state index contributed by atoms with van der Waals surface area (Å²) < 4.78 is 0. The minimum Gasteiger partial charge on any atom is -0.349 e. The van der Waals surface area contributed by atoms with Gasteiger partial charge in [0.2, 0.25) is 0 Å². The zero-order valence-corrected chi connectivity index (χ0v) is 10.3. The lowest BCUT2D eigenvalue weighted by Gasteiger charge is -2.17. The van der Waals surface area contributed by atoms with Crippen LogP contribution in [0.25, 0.3) is 0 Å². The van der Waals surface area contributed by atoms with Gasteiger partial charge in [-0.2, -0.15) is 0 Å². The van der Waals surface area contributed by atoms with Crippen LogP contribution in [-0.4, -0.2) is 11.9 Å². The minimum absolute atomic E-state index is 0.00403. The zero-order valence-electron chi connectivity index (χ0n) is 9.44. The lowest BCUT2D eigenvalue weighted by Crippen LogP contribution is -2.36. The number of carbonyl (C=O) groups excluding carboxylic acids is 1. The van der Waals surface area contributed by atoms with E-state index in [2.05, 4.69) is 24.9 Å². The summed E-state index contributed by atoms with van der Waals surface area (Å²) >= 11 is 4.30. The fourth-order valence-electron chi connectivity index (χ4n) is 2.27. The maximum absolute atomic E-state index is 12.0. The predicted octanol–water partition coefficient (Wildman–Crippen LogP) is 2.89. The molecule has 1 saturated carbocycles. The van der Waals surface area contributed by atoms with E-state index in [1.54, 1.807) is 0 Å². The Labute approximate surface area is 102 Å². The van der Waals surface area contributed by atoms with E-state index in [-0.39, 0.29) is 5.91 Å². The SMILES string of the molecule is CC1CCCC1NC(=O)c1ccccc1S. The van der Waals surface area contributed by atoms with Crippen molar-refractivity contribution in [3.8, 4) is 0 Å². The van der Waals surface area contributed by atoms with E-state index < -0.39 is 0 Å². The Morgan fingerprint density at radius 2 is 2.12 bits per heavy atom. The van der Waals surface area contributed by atoms with Crippen molar-refractivity contribution in [2.45, 2.75) is 37.1 Å². The van der Waals surface area contributed by atoms with Gasteiger partial charge in [0.1, 0.15) is 0 Å². The first kappa shape index (κ1) is 11.5. The zero-order chi connectivity index (χ0) is 11.5. The number of amides is 1. The molecular weight excluding hydrogens is 218 g/mol. The number of carbonyl (C=O) groups is 1. The van der Waals surface area contributed by atoms with Crippen molar-refractivity contribution >= 4 is 18.5 Å². The molecule has 1 aliphatic rings. The first-order valence-electron chi connectivity index (χ1n) is 5.77. The van der Waals surface area contributed by atoms with Gasteiger partial charge in [-0.15, -0.1) is 12.6 Å². The molecule has 0 aliphatic heterocycles. The van der Waals surface area contributed by atoms with Crippen LogP contribution in [0.4, 0.5) is 0 Å². The smallest absolute Gasteiger partial charge is 0.252 e. The molecule has 1 aromatic rings. The average molecular weight is 235 g/mol. The summed E-state index contributed by atoms with van der Waals surface area (Å²) in [6.45, 7) is 2.20. The van der Waals surface area contributed by atoms with E-state index in [1.165, 1.54) is 12.8 Å². The number of rotatable bonds is 2. The van der Waals surface area contributed by atoms with Gasteiger partial charge in [-0.25, -0.2) is 0 Å². The molecule has 2 rings (SSSR count). The predicted molar refractivity (Wildman–Crippen MR) is 68.0 cm³/mol. The van der Waals surface area contributed by atoms with Crippen LogP contribution in [0.15, 0.2) is 29.2 Å². The van der Waals surface area contributed by atoms with Gasteiger partial charge < -0.3 is 5.32 Å². The van der Waals surface area contributed by atoms with Gasteiger partial charge in [0.25, 0.3) is 5.91 Å². The van der Waals surface area contributed by atoms with Crippen LogP contribution in [0.3, 0.4) is 0 Å². The average Bonchev–Trinajstić information content (AvgIpc) is 2.65. The Balaban J connectivity index is 2.06. The largest absolute Gasteiger partial charge is 0.349 e. The monoisotopic (exact) mass is 235 g/mol. The van der Waals surface area contributed by atoms with Gasteiger partial charge in [-0.1, -0.05) is 25.5 Å². The molecule has 0 saturated heterocycles. The summed E-state index contributed by atoms with van der Waals surface area (Å²) in [4.78, 5) is 12.7. The van der Waals surface area contributed by atoms with Crippen molar-refractivity contribution in [3.05, 3.63) is 29.8 Å². The second-order valence-corrected chi connectivity index (χ2v) is 4.99. The van der Waals surface area contributed by atoms with Gasteiger partial charge >= 0.3 is 0 Å². The highest BCUT2D eigenvalue weighted by Crippen LogP contribution is 2.25. The molecule has 2 nitrogen and oxygen atoms in total. The molecule has 3 heteroatoms. The van der Waals surface area contributed by atoms with Gasteiger partial charge in [-0.05, 0) is 30.9 Å². The van der Waals surface area contributed by atoms with E-state index in [9.17, 15) is 4.79 Å². The number of hydrogen-bond donors (Lipinski definition) is 2. The third kappa shape index (κ3) is 2.40. The summed E-state index contributed by atoms with van der Waals surface area (Å²) in [6, 6.07) is 7.75. The van der Waals surface area contributed by atoms with Crippen LogP contribution in [0.1, 0.15) is 36.5 Å². The normalized spacial score (nSPS) is 24.4. The van der Waals surface area contributed by atoms with Crippen LogP contribution in [0, 0.1) is 5.92 Å². The molecule has 0 spiro atoms. The number of benzene rings is 1. The fraction of sp³-hybridized carbons (Fsp3) is 0.462. The highest BCUT2D eigenvalue weighted by atomic mass is 32.1. The molecule has 0 radical (unpaired) electrons. The topological polar surface area (TPSA) is 29.1 Å². The quantitative estimate of drug-likeness (QED) is 0.758. The molecule has 0 aromatic heterocycles. The molecule has 16 heavy (non-hydrogen) atoms. The molecule has 0 bridgehead atoms. The van der Waals surface area contributed by atoms with Gasteiger partial charge in [-0.3, -0.25) is 4.79 Å². The van der Waals surface area contributed by atoms with Crippen LogP contribution in [0.5, 0.6) is 0 Å². The van der Waals surface area contributed by atoms with Gasteiger partial charge in [0, 0.05) is 10.9 Å². The molecule has 2 atom stereocenters. The van der Waals surface area contributed by atoms with Crippen LogP contribution in [0.2, 0.25) is 0 Å². The van der Waals surface area contributed by atoms with E-state index in [0.29, 0.717) is 17.5 Å². The summed E-state index contributed by atoms with van der Waals surface area (Å²) in [5, 5.41) is 3.10. The molecule has 1 fully saturated rings. The van der Waals surface area contributed by atoms with Gasteiger partial charge in [0.15, 0.2) is 0 Å². The maximum atomic E-state index is 12.0. The second-order valence-electron chi connectivity index (χ2n) is 4.51. The Hall–Kier alpha value is -0.960. The first-order chi connectivity index (χ1) is 7.68. The lowest BCUT2D eigenvalue weighted by atomic mass is 10.1. The molecular formula is C13H17NOS. The lowest BCUT2D eigenvalue weighted by molar-refractivity contribution is 0.0927. The Bertz CT molecular complexity index is 391. The Kier molecular flexibility index (Phi) is 3.54. The minimum atomic E-state index is 0.00403. The molecule has 86 valence electrons. The molecule has 2 unspecified atom stereocenters. The highest BCUT2D eigenvalue weighted by molar-refractivity contribution is 7.80. The van der Waals surface area contributed by atoms with Crippen molar-refractivity contribution < 1.29 is 4.79 Å². The summed E-state index contributed by atoms with van der Waals surface area (Å²) in [7, 11) is 0. The molecule has 1 N–H and O–H groups in total. The molecule has 1 aromatic carbocycles. The van der Waals surface area contributed by atoms with Crippen molar-refractivity contribution in [1.82, 2.24) is 5.32 Å². The summed E-state index contributed by atoms with van der Waals surface area (Å²) in [5.74, 6) is 0.598. The molecule has 1 aliphatic carbocycles. The summed E-state index contributed by atoms with van der Waals surface area (Å²) in [6.07, 6.45) is 3.53. The Morgan fingerprint density at radius 3 is 2.75 bits per heavy atom. The Morgan fingerprint density at radius 1 is 1.38 bits per heavy atom. The van der Waals surface area contributed by atoms with E-state index in [4.69, 9.17) is 0 Å². The van der Waals surface area contributed by atoms with Crippen LogP contribution >= 0.6 is 12.6 Å². The molecule has 1 amide bonds. The third-order valence-corrected chi connectivity index (χ3v) is 3.72. The maximum Gasteiger partial charge on any atom is 0.252 e. The van der Waals surface area contributed by atoms with Crippen molar-refractivity contribution in [2.24, 2.45) is 5.92 Å². The molecule has 0 heterocycles. The van der Waals surface area contributed by atoms with Crippen LogP contribution < -0.4 is 5.32 Å². The highest BCUT2D eigenvalue weighted by Gasteiger charge is 2.25. The van der Waals surface area contributed by atoms with E-state index in [1.807, 2.05) is 24.3 Å². The standard InChI is InChI=1S/C13H17NOS/c1-9-5-4-7-11(9)14-13(15)10-6-2-3-8-12(10)16/h2-3,6,8-9,11,16H,4-5,7H2,1H3,(H,14,15). The fourth-order valence-corrected chi connectivity index (χ4v) is 2.53. The van der Waals surface area contributed by atoms with Gasteiger partial charge in [0.05, 0.1) is 5.56 Å². The first-order valence-corrected chi connectivity index (χ1v) is 6.22. The number of nitrogens with one attached hydrogen (secondary N) is 1. The second kappa shape index (κ2) is 4.91. The van der Waals surface area contributed by atoms with E-state index in [0.717, 1.165) is 11.3 Å². The van der Waals surface area contributed by atoms with E-state index >= 15 is 0 Å². The number of thiol groups is 1. The van der Waals surface area contributed by atoms with Crippen molar-refractivity contribution in [1.29, 1.82) is 0 Å².